The maximum Gasteiger partial charge on any atom is 0.131 e. The second-order valence-electron chi connectivity index (χ2n) is 9.26. The Morgan fingerprint density at radius 1 is 1.00 bits per heavy atom. The second-order valence-corrected chi connectivity index (χ2v) is 9.44. The van der Waals surface area contributed by atoms with Gasteiger partial charge in [-0.1, -0.05) is 89.5 Å². The molecule has 0 heterocycles. The topological polar surface area (TPSA) is 12.4 Å². The molecule has 166 valence electrons. The molecule has 0 saturated heterocycles. The van der Waals surface area contributed by atoms with E-state index in [9.17, 15) is 4.39 Å². The molecule has 1 saturated carbocycles. The Kier molecular flexibility index (Phi) is 9.43. The van der Waals surface area contributed by atoms with Crippen molar-refractivity contribution in [3.63, 3.8) is 0 Å². The fourth-order valence-corrected chi connectivity index (χ4v) is 5.21. The highest BCUT2D eigenvalue weighted by Gasteiger charge is 2.26. The van der Waals surface area contributed by atoms with Gasteiger partial charge in [-0.15, -0.1) is 0 Å². The minimum absolute atomic E-state index is 0.142. The van der Waals surface area contributed by atoms with E-state index in [-0.39, 0.29) is 5.82 Å². The maximum atomic E-state index is 14.9. The number of nitrogens with zero attached hydrogens (tertiary/aromatic N) is 1. The van der Waals surface area contributed by atoms with E-state index < -0.39 is 0 Å². The second kappa shape index (κ2) is 12.3. The SMILES string of the molecule is CCCCCCCC1CCC(C(C)c2ccc(-c3ccc(N=C=S)cc3)c(F)c2)CC1. The van der Waals surface area contributed by atoms with Crippen LogP contribution >= 0.6 is 12.2 Å². The molecule has 3 heteroatoms. The van der Waals surface area contributed by atoms with Gasteiger partial charge < -0.3 is 0 Å². The first-order valence-electron chi connectivity index (χ1n) is 12.1. The molecule has 0 aliphatic heterocycles. The summed E-state index contributed by atoms with van der Waals surface area (Å²) in [6.45, 7) is 4.56. The molecule has 0 N–H and O–H groups in total. The van der Waals surface area contributed by atoms with Gasteiger partial charge in [0.15, 0.2) is 0 Å². The van der Waals surface area contributed by atoms with E-state index >= 15 is 0 Å². The van der Waals surface area contributed by atoms with Gasteiger partial charge in [-0.3, -0.25) is 0 Å². The van der Waals surface area contributed by atoms with Gasteiger partial charge in [-0.05, 0) is 72.1 Å². The molecule has 0 amide bonds. The molecular formula is C28H36FNS. The van der Waals surface area contributed by atoms with Crippen LogP contribution in [0.3, 0.4) is 0 Å². The molecular weight excluding hydrogens is 401 g/mol. The minimum atomic E-state index is -0.142. The largest absolute Gasteiger partial charge is 0.206 e. The van der Waals surface area contributed by atoms with E-state index in [0.717, 1.165) is 22.7 Å². The van der Waals surface area contributed by atoms with Crippen molar-refractivity contribution in [3.05, 3.63) is 53.8 Å². The molecule has 2 aromatic rings. The highest BCUT2D eigenvalue weighted by atomic mass is 32.1. The van der Waals surface area contributed by atoms with Crippen LogP contribution < -0.4 is 0 Å². The first kappa shape index (κ1) is 23.8. The van der Waals surface area contributed by atoms with E-state index in [4.69, 9.17) is 0 Å². The lowest BCUT2D eigenvalue weighted by atomic mass is 9.73. The summed E-state index contributed by atoms with van der Waals surface area (Å²) >= 11 is 4.64. The quantitative estimate of drug-likeness (QED) is 0.205. The van der Waals surface area contributed by atoms with Crippen molar-refractivity contribution in [3.8, 4) is 11.1 Å². The zero-order valence-electron chi connectivity index (χ0n) is 19.1. The summed E-state index contributed by atoms with van der Waals surface area (Å²) in [5.74, 6) is 1.85. The van der Waals surface area contributed by atoms with Crippen LogP contribution in [0.5, 0.6) is 0 Å². The van der Waals surface area contributed by atoms with Crippen molar-refractivity contribution in [2.24, 2.45) is 16.8 Å². The number of unbranched alkanes of at least 4 members (excludes halogenated alkanes) is 4. The zero-order valence-corrected chi connectivity index (χ0v) is 19.9. The first-order valence-corrected chi connectivity index (χ1v) is 12.5. The molecule has 1 aliphatic rings. The smallest absolute Gasteiger partial charge is 0.131 e. The average molecular weight is 438 g/mol. The summed E-state index contributed by atoms with van der Waals surface area (Å²) in [4.78, 5) is 3.96. The molecule has 2 aromatic carbocycles. The number of benzene rings is 2. The Hall–Kier alpha value is -1.83. The highest BCUT2D eigenvalue weighted by molar-refractivity contribution is 7.78. The predicted octanol–water partition coefficient (Wildman–Crippen LogP) is 9.50. The van der Waals surface area contributed by atoms with E-state index in [1.165, 1.54) is 64.2 Å². The van der Waals surface area contributed by atoms with Gasteiger partial charge in [0, 0.05) is 5.56 Å². The molecule has 3 rings (SSSR count). The fourth-order valence-electron chi connectivity index (χ4n) is 5.10. The summed E-state index contributed by atoms with van der Waals surface area (Å²) in [6, 6.07) is 13.3. The minimum Gasteiger partial charge on any atom is -0.206 e. The first-order chi connectivity index (χ1) is 15.1. The molecule has 0 radical (unpaired) electrons. The van der Waals surface area contributed by atoms with Crippen LogP contribution in [0, 0.1) is 17.7 Å². The van der Waals surface area contributed by atoms with E-state index in [1.54, 1.807) is 6.07 Å². The van der Waals surface area contributed by atoms with Crippen LogP contribution in [0.1, 0.15) is 89.5 Å². The standard InChI is InChI=1S/C28H36FNS/c1-3-4-5-6-7-8-22-9-11-23(12-10-22)21(2)25-15-18-27(28(29)19-25)24-13-16-26(17-14-24)30-20-31/h13-19,21-23H,3-12H2,1-2H3. The lowest BCUT2D eigenvalue weighted by molar-refractivity contribution is 0.235. The van der Waals surface area contributed by atoms with Crippen LogP contribution in [0.4, 0.5) is 10.1 Å². The van der Waals surface area contributed by atoms with Crippen molar-refractivity contribution in [1.82, 2.24) is 0 Å². The van der Waals surface area contributed by atoms with Crippen molar-refractivity contribution >= 4 is 23.1 Å². The lowest BCUT2D eigenvalue weighted by Crippen LogP contribution is -2.19. The van der Waals surface area contributed by atoms with Crippen molar-refractivity contribution < 1.29 is 4.39 Å². The number of halogens is 1. The lowest BCUT2D eigenvalue weighted by Gasteiger charge is -2.32. The summed E-state index contributed by atoms with van der Waals surface area (Å²) in [6.07, 6.45) is 13.6. The monoisotopic (exact) mass is 437 g/mol. The number of hydrogen-bond donors (Lipinski definition) is 0. The molecule has 0 aromatic heterocycles. The van der Waals surface area contributed by atoms with Gasteiger partial charge in [0.1, 0.15) is 5.82 Å². The number of thiocarbonyl (C=S) groups is 1. The molecule has 0 bridgehead atoms. The van der Waals surface area contributed by atoms with Gasteiger partial charge in [0.05, 0.1) is 10.8 Å². The van der Waals surface area contributed by atoms with Crippen molar-refractivity contribution in [2.75, 3.05) is 0 Å². The van der Waals surface area contributed by atoms with Crippen molar-refractivity contribution in [1.29, 1.82) is 0 Å². The third-order valence-electron chi connectivity index (χ3n) is 7.19. The van der Waals surface area contributed by atoms with Crippen molar-refractivity contribution in [2.45, 2.75) is 84.0 Å². The van der Waals surface area contributed by atoms with Gasteiger partial charge in [0.25, 0.3) is 0 Å². The summed E-state index contributed by atoms with van der Waals surface area (Å²) in [5, 5.41) is 2.36. The highest BCUT2D eigenvalue weighted by Crippen LogP contribution is 2.40. The molecule has 1 fully saturated rings. The molecule has 1 atom stereocenters. The van der Waals surface area contributed by atoms with Gasteiger partial charge in [-0.2, -0.15) is 4.99 Å². The maximum absolute atomic E-state index is 14.9. The van der Waals surface area contributed by atoms with Crippen LogP contribution in [0.2, 0.25) is 0 Å². The van der Waals surface area contributed by atoms with Crippen LogP contribution in [0.25, 0.3) is 11.1 Å². The molecule has 0 spiro atoms. The Morgan fingerprint density at radius 2 is 1.71 bits per heavy atom. The number of hydrogen-bond acceptors (Lipinski definition) is 2. The summed E-state index contributed by atoms with van der Waals surface area (Å²) < 4.78 is 14.9. The number of aliphatic imine (C=N–C) groups is 1. The van der Waals surface area contributed by atoms with Gasteiger partial charge in [-0.25, -0.2) is 4.39 Å². The normalized spacial score (nSPS) is 19.6. The number of rotatable bonds is 10. The molecule has 31 heavy (non-hydrogen) atoms. The van der Waals surface area contributed by atoms with Crippen LogP contribution in [-0.2, 0) is 0 Å². The number of isothiocyanates is 1. The molecule has 1 unspecified atom stereocenters. The van der Waals surface area contributed by atoms with Gasteiger partial charge in [0.2, 0.25) is 0 Å². The van der Waals surface area contributed by atoms with E-state index in [2.05, 4.69) is 42.3 Å². The summed E-state index contributed by atoms with van der Waals surface area (Å²) in [7, 11) is 0. The predicted molar refractivity (Wildman–Crippen MR) is 134 cm³/mol. The third-order valence-corrected chi connectivity index (χ3v) is 7.28. The molecule has 1 aliphatic carbocycles. The zero-order chi connectivity index (χ0) is 22.1. The van der Waals surface area contributed by atoms with E-state index in [0.29, 0.717) is 17.4 Å². The van der Waals surface area contributed by atoms with Crippen LogP contribution in [-0.4, -0.2) is 5.16 Å². The Balaban J connectivity index is 1.55. The van der Waals surface area contributed by atoms with Crippen LogP contribution in [0.15, 0.2) is 47.5 Å². The Bertz CT molecular complexity index is 861. The fraction of sp³-hybridized carbons (Fsp3) is 0.536. The summed E-state index contributed by atoms with van der Waals surface area (Å²) in [5.41, 5.74) is 3.37. The Morgan fingerprint density at radius 3 is 2.35 bits per heavy atom. The van der Waals surface area contributed by atoms with E-state index in [1.807, 2.05) is 30.3 Å². The molecule has 1 nitrogen and oxygen atoms in total. The third kappa shape index (κ3) is 6.82. The Labute approximate surface area is 193 Å². The average Bonchev–Trinajstić information content (AvgIpc) is 2.80. The van der Waals surface area contributed by atoms with Gasteiger partial charge >= 0.3 is 0 Å².